The molecule has 1 aromatic carbocycles. The van der Waals surface area contributed by atoms with Crippen LogP contribution < -0.4 is 10.1 Å². The zero-order chi connectivity index (χ0) is 17.5. The van der Waals surface area contributed by atoms with Crippen LogP contribution in [0, 0.1) is 0 Å². The molecule has 1 aliphatic carbocycles. The second-order valence-corrected chi connectivity index (χ2v) is 5.65. The van der Waals surface area contributed by atoms with Crippen molar-refractivity contribution in [2.24, 2.45) is 0 Å². The van der Waals surface area contributed by atoms with E-state index >= 15 is 0 Å². The lowest BCUT2D eigenvalue weighted by Gasteiger charge is -2.10. The van der Waals surface area contributed by atoms with E-state index < -0.39 is 5.97 Å². The SMILES string of the molecule is COc1ccc(Cl)cc1C(=O)NCCC1=CC=C(C(=O)O)C=CC1. The zero-order valence-corrected chi connectivity index (χ0v) is 14.0. The van der Waals surface area contributed by atoms with Crippen molar-refractivity contribution in [3.8, 4) is 5.75 Å². The quantitative estimate of drug-likeness (QED) is 0.827. The van der Waals surface area contributed by atoms with Crippen LogP contribution in [0.5, 0.6) is 5.75 Å². The van der Waals surface area contributed by atoms with Gasteiger partial charge in [-0.05, 0) is 37.1 Å². The minimum absolute atomic E-state index is 0.248. The lowest BCUT2D eigenvalue weighted by molar-refractivity contribution is -0.132. The van der Waals surface area contributed by atoms with Crippen molar-refractivity contribution >= 4 is 23.5 Å². The molecule has 126 valence electrons. The first kappa shape index (κ1) is 17.8. The average Bonchev–Trinajstić information content (AvgIpc) is 2.80. The van der Waals surface area contributed by atoms with Crippen LogP contribution >= 0.6 is 11.6 Å². The molecule has 1 aromatic rings. The van der Waals surface area contributed by atoms with E-state index in [4.69, 9.17) is 21.4 Å². The van der Waals surface area contributed by atoms with Crippen molar-refractivity contribution < 1.29 is 19.4 Å². The molecule has 2 N–H and O–H groups in total. The third-order valence-electron chi connectivity index (χ3n) is 3.56. The number of methoxy groups -OCH3 is 1. The number of carbonyl (C=O) groups excluding carboxylic acids is 1. The van der Waals surface area contributed by atoms with Crippen molar-refractivity contribution in [1.29, 1.82) is 0 Å². The highest BCUT2D eigenvalue weighted by Crippen LogP contribution is 2.22. The minimum atomic E-state index is -0.954. The number of halogens is 1. The van der Waals surface area contributed by atoms with Crippen molar-refractivity contribution in [3.63, 3.8) is 0 Å². The van der Waals surface area contributed by atoms with Gasteiger partial charge in [-0.3, -0.25) is 4.79 Å². The number of ether oxygens (including phenoxy) is 1. The van der Waals surface area contributed by atoms with Gasteiger partial charge in [0, 0.05) is 11.6 Å². The standard InChI is InChI=1S/C18H18ClNO4/c1-24-16-8-7-14(19)11-15(16)17(21)20-10-9-12-3-2-4-13(6-5-12)18(22)23/h2,4-8,11H,3,9-10H2,1H3,(H,20,21)(H,22,23). The molecule has 2 rings (SSSR count). The van der Waals surface area contributed by atoms with Crippen molar-refractivity contribution in [2.45, 2.75) is 12.8 Å². The summed E-state index contributed by atoms with van der Waals surface area (Å²) in [6, 6.07) is 4.87. The number of amides is 1. The Bertz CT molecular complexity index is 735. The van der Waals surface area contributed by atoms with Gasteiger partial charge in [0.2, 0.25) is 0 Å². The van der Waals surface area contributed by atoms with Gasteiger partial charge in [0.25, 0.3) is 5.91 Å². The molecular weight excluding hydrogens is 330 g/mol. The Labute approximate surface area is 145 Å². The molecule has 0 spiro atoms. The molecule has 1 aliphatic rings. The van der Waals surface area contributed by atoms with Gasteiger partial charge in [0.05, 0.1) is 18.2 Å². The fraction of sp³-hybridized carbons (Fsp3) is 0.222. The number of nitrogens with one attached hydrogen (secondary N) is 1. The second kappa shape index (κ2) is 8.36. The Hall–Kier alpha value is -2.53. The van der Waals surface area contributed by atoms with Crippen LogP contribution in [0.4, 0.5) is 0 Å². The number of carboxylic acids is 1. The predicted molar refractivity (Wildman–Crippen MR) is 92.5 cm³/mol. The molecular formula is C18H18ClNO4. The topological polar surface area (TPSA) is 75.6 Å². The van der Waals surface area contributed by atoms with Gasteiger partial charge in [-0.2, -0.15) is 0 Å². The average molecular weight is 348 g/mol. The first-order valence-electron chi connectivity index (χ1n) is 7.42. The highest BCUT2D eigenvalue weighted by atomic mass is 35.5. The number of hydrogen-bond acceptors (Lipinski definition) is 3. The van der Waals surface area contributed by atoms with Crippen molar-refractivity contribution in [3.05, 3.63) is 64.2 Å². The van der Waals surface area contributed by atoms with Crippen LogP contribution in [-0.4, -0.2) is 30.6 Å². The number of rotatable bonds is 6. The normalized spacial score (nSPS) is 13.6. The Morgan fingerprint density at radius 3 is 2.83 bits per heavy atom. The van der Waals surface area contributed by atoms with Gasteiger partial charge in [-0.15, -0.1) is 0 Å². The number of hydrogen-bond donors (Lipinski definition) is 2. The fourth-order valence-corrected chi connectivity index (χ4v) is 2.46. The van der Waals surface area contributed by atoms with Gasteiger partial charge in [-0.1, -0.05) is 35.4 Å². The zero-order valence-electron chi connectivity index (χ0n) is 13.2. The van der Waals surface area contributed by atoms with E-state index in [0.29, 0.717) is 35.7 Å². The van der Waals surface area contributed by atoms with Gasteiger partial charge >= 0.3 is 5.97 Å². The van der Waals surface area contributed by atoms with Crippen LogP contribution in [0.25, 0.3) is 0 Å². The summed E-state index contributed by atoms with van der Waals surface area (Å²) in [5.74, 6) is -0.756. The van der Waals surface area contributed by atoms with E-state index in [1.807, 2.05) is 0 Å². The highest BCUT2D eigenvalue weighted by Gasteiger charge is 2.13. The molecule has 0 fully saturated rings. The van der Waals surface area contributed by atoms with E-state index in [1.165, 1.54) is 7.11 Å². The maximum absolute atomic E-state index is 12.3. The minimum Gasteiger partial charge on any atom is -0.496 e. The molecule has 0 radical (unpaired) electrons. The summed E-state index contributed by atoms with van der Waals surface area (Å²) in [7, 11) is 1.50. The Morgan fingerprint density at radius 1 is 1.33 bits per heavy atom. The molecule has 0 saturated heterocycles. The van der Waals surface area contributed by atoms with Crippen LogP contribution in [0.1, 0.15) is 23.2 Å². The van der Waals surface area contributed by atoms with E-state index in [9.17, 15) is 9.59 Å². The largest absolute Gasteiger partial charge is 0.496 e. The molecule has 5 nitrogen and oxygen atoms in total. The van der Waals surface area contributed by atoms with Crippen LogP contribution in [0.2, 0.25) is 5.02 Å². The molecule has 0 unspecified atom stereocenters. The van der Waals surface area contributed by atoms with Crippen LogP contribution in [-0.2, 0) is 4.79 Å². The van der Waals surface area contributed by atoms with Crippen molar-refractivity contribution in [2.75, 3.05) is 13.7 Å². The van der Waals surface area contributed by atoms with E-state index in [-0.39, 0.29) is 11.5 Å². The summed E-state index contributed by atoms with van der Waals surface area (Å²) < 4.78 is 5.17. The predicted octanol–water partition coefficient (Wildman–Crippen LogP) is 3.37. The lowest BCUT2D eigenvalue weighted by atomic mass is 10.1. The summed E-state index contributed by atoms with van der Waals surface area (Å²) >= 11 is 5.92. The summed E-state index contributed by atoms with van der Waals surface area (Å²) in [6.45, 7) is 0.435. The molecule has 24 heavy (non-hydrogen) atoms. The number of benzene rings is 1. The number of carbonyl (C=O) groups is 2. The second-order valence-electron chi connectivity index (χ2n) is 5.21. The molecule has 1 amide bonds. The summed E-state index contributed by atoms with van der Waals surface area (Å²) in [6.07, 6.45) is 8.03. The van der Waals surface area contributed by atoms with Crippen LogP contribution in [0.3, 0.4) is 0 Å². The van der Waals surface area contributed by atoms with Crippen LogP contribution in [0.15, 0.2) is 53.6 Å². The fourth-order valence-electron chi connectivity index (χ4n) is 2.29. The van der Waals surface area contributed by atoms with Gasteiger partial charge < -0.3 is 15.2 Å². The van der Waals surface area contributed by atoms with E-state index in [0.717, 1.165) is 5.57 Å². The molecule has 0 atom stereocenters. The lowest BCUT2D eigenvalue weighted by Crippen LogP contribution is -2.25. The smallest absolute Gasteiger partial charge is 0.335 e. The molecule has 0 aromatic heterocycles. The van der Waals surface area contributed by atoms with E-state index in [2.05, 4.69) is 5.32 Å². The summed E-state index contributed by atoms with van der Waals surface area (Å²) in [4.78, 5) is 23.2. The monoisotopic (exact) mass is 347 g/mol. The molecule has 0 bridgehead atoms. The van der Waals surface area contributed by atoms with Crippen molar-refractivity contribution in [1.82, 2.24) is 5.32 Å². The number of allylic oxidation sites excluding steroid dienone is 3. The molecule has 0 aliphatic heterocycles. The molecule has 0 heterocycles. The Balaban J connectivity index is 1.95. The first-order valence-corrected chi connectivity index (χ1v) is 7.80. The molecule has 6 heteroatoms. The third kappa shape index (κ3) is 4.73. The third-order valence-corrected chi connectivity index (χ3v) is 3.80. The van der Waals surface area contributed by atoms with Gasteiger partial charge in [0.15, 0.2) is 0 Å². The highest BCUT2D eigenvalue weighted by molar-refractivity contribution is 6.31. The van der Waals surface area contributed by atoms with Gasteiger partial charge in [-0.25, -0.2) is 4.79 Å². The number of aliphatic carboxylic acids is 1. The van der Waals surface area contributed by atoms with E-state index in [1.54, 1.807) is 42.5 Å². The first-order chi connectivity index (χ1) is 11.5. The van der Waals surface area contributed by atoms with Gasteiger partial charge in [0.1, 0.15) is 5.75 Å². The summed E-state index contributed by atoms with van der Waals surface area (Å²) in [5, 5.41) is 12.3. The molecule has 0 saturated carbocycles. The number of carboxylic acid groups (broad SMARTS) is 1. The maximum atomic E-state index is 12.3. The summed E-state index contributed by atoms with van der Waals surface area (Å²) in [5.41, 5.74) is 1.67. The maximum Gasteiger partial charge on any atom is 0.335 e. The Kier molecular flexibility index (Phi) is 6.21. The Morgan fingerprint density at radius 2 is 2.12 bits per heavy atom.